The van der Waals surface area contributed by atoms with E-state index in [2.05, 4.69) is 0 Å². The highest BCUT2D eigenvalue weighted by molar-refractivity contribution is 8.00. The zero-order chi connectivity index (χ0) is 15.6. The van der Waals surface area contributed by atoms with Gasteiger partial charge in [0, 0.05) is 5.75 Å². The van der Waals surface area contributed by atoms with Crippen molar-refractivity contribution < 1.29 is 24.9 Å². The van der Waals surface area contributed by atoms with Gasteiger partial charge in [-0.05, 0) is 18.6 Å². The van der Waals surface area contributed by atoms with E-state index in [1.54, 1.807) is 0 Å². The fraction of sp³-hybridized carbons (Fsp3) is 0.429. The van der Waals surface area contributed by atoms with Gasteiger partial charge in [0.25, 0.3) is 5.91 Å². The third-order valence-corrected chi connectivity index (χ3v) is 4.74. The first-order valence-electron chi connectivity index (χ1n) is 6.65. The van der Waals surface area contributed by atoms with E-state index in [-0.39, 0.29) is 22.4 Å². The Balaban J connectivity index is 2.39. The average Bonchev–Trinajstić information content (AvgIpc) is 2.82. The predicted molar refractivity (Wildman–Crippen MR) is 78.5 cm³/mol. The fourth-order valence-corrected chi connectivity index (χ4v) is 3.89. The van der Waals surface area contributed by atoms with Crippen molar-refractivity contribution in [2.24, 2.45) is 0 Å². The number of hydrogen-bond acceptors (Lipinski definition) is 5. The van der Waals surface area contributed by atoms with Gasteiger partial charge in [-0.1, -0.05) is 19.4 Å². The Bertz CT molecular complexity index is 542. The lowest BCUT2D eigenvalue weighted by molar-refractivity contribution is -0.141. The molecule has 1 heterocycles. The van der Waals surface area contributed by atoms with E-state index >= 15 is 0 Å². The number of carboxylic acid groups (broad SMARTS) is 1. The van der Waals surface area contributed by atoms with Crippen molar-refractivity contribution in [1.29, 1.82) is 0 Å². The molecule has 7 heteroatoms. The van der Waals surface area contributed by atoms with Crippen LogP contribution in [0.5, 0.6) is 11.5 Å². The van der Waals surface area contributed by atoms with E-state index in [0.717, 1.165) is 6.42 Å². The minimum absolute atomic E-state index is 0.243. The predicted octanol–water partition coefficient (Wildman–Crippen LogP) is 1.87. The van der Waals surface area contributed by atoms with Gasteiger partial charge >= 0.3 is 5.97 Å². The van der Waals surface area contributed by atoms with Gasteiger partial charge in [-0.2, -0.15) is 0 Å². The zero-order valence-corrected chi connectivity index (χ0v) is 12.3. The molecule has 6 nitrogen and oxygen atoms in total. The number of phenolic OH excluding ortho intramolecular Hbond substituents is 2. The molecule has 2 atom stereocenters. The number of aromatic hydroxyl groups is 2. The lowest BCUT2D eigenvalue weighted by Crippen LogP contribution is -2.45. The number of hydrogen-bond donors (Lipinski definition) is 3. The van der Waals surface area contributed by atoms with E-state index in [4.69, 9.17) is 0 Å². The van der Waals surface area contributed by atoms with Crippen LogP contribution in [-0.2, 0) is 4.79 Å². The third kappa shape index (κ3) is 2.92. The number of benzene rings is 1. The first kappa shape index (κ1) is 15.5. The molecule has 21 heavy (non-hydrogen) atoms. The largest absolute Gasteiger partial charge is 0.507 e. The monoisotopic (exact) mass is 311 g/mol. The summed E-state index contributed by atoms with van der Waals surface area (Å²) in [4.78, 5) is 25.2. The Morgan fingerprint density at radius 2 is 1.95 bits per heavy atom. The van der Waals surface area contributed by atoms with Crippen molar-refractivity contribution in [3.8, 4) is 11.5 Å². The van der Waals surface area contributed by atoms with Gasteiger partial charge in [-0.3, -0.25) is 4.79 Å². The van der Waals surface area contributed by atoms with E-state index in [1.807, 2.05) is 6.92 Å². The van der Waals surface area contributed by atoms with Crippen molar-refractivity contribution in [2.75, 3.05) is 5.75 Å². The summed E-state index contributed by atoms with van der Waals surface area (Å²) in [6.45, 7) is 1.95. The Morgan fingerprint density at radius 3 is 2.48 bits per heavy atom. The Labute approximate surface area is 126 Å². The smallest absolute Gasteiger partial charge is 0.327 e. The first-order valence-corrected chi connectivity index (χ1v) is 7.70. The highest BCUT2D eigenvalue weighted by atomic mass is 32.2. The number of aliphatic carboxylic acids is 1. The minimum atomic E-state index is -1.08. The molecule has 1 aromatic carbocycles. The van der Waals surface area contributed by atoms with Gasteiger partial charge in [0.1, 0.15) is 23.1 Å². The molecule has 114 valence electrons. The van der Waals surface area contributed by atoms with Gasteiger partial charge in [-0.15, -0.1) is 11.8 Å². The number of carbonyl (C=O) groups excluding carboxylic acids is 1. The highest BCUT2D eigenvalue weighted by Crippen LogP contribution is 2.36. The molecular weight excluding hydrogens is 294 g/mol. The summed E-state index contributed by atoms with van der Waals surface area (Å²) < 4.78 is 0. The van der Waals surface area contributed by atoms with Crippen LogP contribution in [0.25, 0.3) is 0 Å². The van der Waals surface area contributed by atoms with Gasteiger partial charge in [0.2, 0.25) is 0 Å². The summed E-state index contributed by atoms with van der Waals surface area (Å²) in [7, 11) is 0. The van der Waals surface area contributed by atoms with Crippen LogP contribution in [0.1, 0.15) is 30.1 Å². The minimum Gasteiger partial charge on any atom is -0.507 e. The van der Waals surface area contributed by atoms with Crippen LogP contribution >= 0.6 is 11.8 Å². The maximum Gasteiger partial charge on any atom is 0.327 e. The SMILES string of the molecule is CCCC1SCC(C(=O)O)N1C(=O)c1c(O)cccc1O. The van der Waals surface area contributed by atoms with Crippen LogP contribution in [0, 0.1) is 0 Å². The molecule has 1 amide bonds. The van der Waals surface area contributed by atoms with Crippen LogP contribution in [0.2, 0.25) is 0 Å². The van der Waals surface area contributed by atoms with Gasteiger partial charge in [0.05, 0.1) is 5.37 Å². The zero-order valence-electron chi connectivity index (χ0n) is 11.5. The molecule has 1 aliphatic heterocycles. The van der Waals surface area contributed by atoms with Gasteiger partial charge in [0.15, 0.2) is 0 Å². The van der Waals surface area contributed by atoms with E-state index in [1.165, 1.54) is 34.9 Å². The van der Waals surface area contributed by atoms with Crippen LogP contribution in [0.3, 0.4) is 0 Å². The van der Waals surface area contributed by atoms with E-state index in [9.17, 15) is 24.9 Å². The molecule has 0 spiro atoms. The molecule has 1 fully saturated rings. The van der Waals surface area contributed by atoms with Crippen LogP contribution in [-0.4, -0.2) is 49.3 Å². The summed E-state index contributed by atoms with van der Waals surface area (Å²) in [5.41, 5.74) is -0.243. The normalized spacial score (nSPS) is 21.5. The molecule has 0 aromatic heterocycles. The molecule has 3 N–H and O–H groups in total. The number of rotatable bonds is 4. The highest BCUT2D eigenvalue weighted by Gasteiger charge is 2.42. The molecule has 0 bridgehead atoms. The molecule has 0 saturated carbocycles. The number of carbonyl (C=O) groups is 2. The van der Waals surface area contributed by atoms with Crippen LogP contribution in [0.4, 0.5) is 0 Å². The molecule has 2 rings (SSSR count). The molecule has 1 aromatic rings. The lowest BCUT2D eigenvalue weighted by atomic mass is 10.1. The molecule has 0 radical (unpaired) electrons. The molecule has 2 unspecified atom stereocenters. The molecule has 1 saturated heterocycles. The number of carboxylic acids is 1. The first-order chi connectivity index (χ1) is 9.97. The quantitative estimate of drug-likeness (QED) is 0.785. The van der Waals surface area contributed by atoms with E-state index < -0.39 is 17.9 Å². The van der Waals surface area contributed by atoms with Crippen molar-refractivity contribution in [3.63, 3.8) is 0 Å². The summed E-state index contributed by atoms with van der Waals surface area (Å²) in [5, 5.41) is 28.6. The number of thioether (sulfide) groups is 1. The fourth-order valence-electron chi connectivity index (χ4n) is 2.37. The Morgan fingerprint density at radius 1 is 1.33 bits per heavy atom. The standard InChI is InChI=1S/C14H17NO5S/c1-2-4-11-15(8(7-21-11)14(19)20)13(18)12-9(16)5-3-6-10(12)17/h3,5-6,8,11,16-17H,2,4,7H2,1H3,(H,19,20). The Hall–Kier alpha value is -1.89. The number of nitrogens with zero attached hydrogens (tertiary/aromatic N) is 1. The van der Waals surface area contributed by atoms with Crippen molar-refractivity contribution >= 4 is 23.6 Å². The van der Waals surface area contributed by atoms with E-state index in [0.29, 0.717) is 12.2 Å². The van der Waals surface area contributed by atoms with Gasteiger partial charge < -0.3 is 20.2 Å². The van der Waals surface area contributed by atoms with Crippen molar-refractivity contribution in [1.82, 2.24) is 4.90 Å². The summed E-state index contributed by atoms with van der Waals surface area (Å²) in [5.74, 6) is -2.13. The van der Waals surface area contributed by atoms with Crippen molar-refractivity contribution in [2.45, 2.75) is 31.2 Å². The van der Waals surface area contributed by atoms with Gasteiger partial charge in [-0.25, -0.2) is 4.79 Å². The Kier molecular flexibility index (Phi) is 4.62. The molecule has 0 aliphatic carbocycles. The molecule has 1 aliphatic rings. The topological polar surface area (TPSA) is 98.1 Å². The second kappa shape index (κ2) is 6.26. The molecular formula is C14H17NO5S. The van der Waals surface area contributed by atoms with Crippen LogP contribution < -0.4 is 0 Å². The second-order valence-corrected chi connectivity index (χ2v) is 6.03. The summed E-state index contributed by atoms with van der Waals surface area (Å²) in [6.07, 6.45) is 1.47. The summed E-state index contributed by atoms with van der Waals surface area (Å²) >= 11 is 1.41. The average molecular weight is 311 g/mol. The lowest BCUT2D eigenvalue weighted by Gasteiger charge is -2.27. The maximum absolute atomic E-state index is 12.6. The van der Waals surface area contributed by atoms with Crippen LogP contribution in [0.15, 0.2) is 18.2 Å². The second-order valence-electron chi connectivity index (χ2n) is 4.81. The maximum atomic E-state index is 12.6. The van der Waals surface area contributed by atoms with Crippen molar-refractivity contribution in [3.05, 3.63) is 23.8 Å². The summed E-state index contributed by atoms with van der Waals surface area (Å²) in [6, 6.07) is 3.05. The number of amides is 1. The number of phenols is 2. The third-order valence-electron chi connectivity index (χ3n) is 3.38.